The first kappa shape index (κ1) is 17.1. The minimum atomic E-state index is -0.856. The lowest BCUT2D eigenvalue weighted by Crippen LogP contribution is -2.52. The zero-order valence-electron chi connectivity index (χ0n) is 15.1. The van der Waals surface area contributed by atoms with Gasteiger partial charge >= 0.3 is 0 Å². The zero-order chi connectivity index (χ0) is 18.5. The van der Waals surface area contributed by atoms with Crippen molar-refractivity contribution in [2.24, 2.45) is 5.73 Å². The fraction of sp³-hybridized carbons (Fsp3) is 0.0400. The Bertz CT molecular complexity index is 889. The van der Waals surface area contributed by atoms with Crippen LogP contribution in [0.4, 0.5) is 11.4 Å². The first-order chi connectivity index (χ1) is 13.3. The molecule has 27 heavy (non-hydrogen) atoms. The number of hydrogen-bond donors (Lipinski definition) is 1. The molecule has 2 nitrogen and oxygen atoms in total. The SMILES string of the molecule is NC(c1ccccc1)(c1ccccc1)N(c1ccccc1)c1ccccc1. The molecule has 0 amide bonds. The molecule has 0 aliphatic carbocycles. The van der Waals surface area contributed by atoms with Gasteiger partial charge in [-0.2, -0.15) is 0 Å². The molecule has 4 rings (SSSR count). The fourth-order valence-electron chi connectivity index (χ4n) is 3.52. The molecule has 0 spiro atoms. The van der Waals surface area contributed by atoms with Gasteiger partial charge in [0.15, 0.2) is 0 Å². The maximum Gasteiger partial charge on any atom is 0.145 e. The maximum atomic E-state index is 7.27. The molecule has 0 bridgehead atoms. The molecule has 4 aromatic carbocycles. The summed E-state index contributed by atoms with van der Waals surface area (Å²) in [4.78, 5) is 2.21. The minimum Gasteiger partial charge on any atom is -0.315 e. The number of para-hydroxylation sites is 2. The Morgan fingerprint density at radius 2 is 0.741 bits per heavy atom. The van der Waals surface area contributed by atoms with E-state index in [4.69, 9.17) is 5.73 Å². The van der Waals surface area contributed by atoms with Crippen LogP contribution in [0, 0.1) is 0 Å². The lowest BCUT2D eigenvalue weighted by atomic mass is 9.89. The Kier molecular flexibility index (Phi) is 4.73. The molecular formula is C25H22N2. The van der Waals surface area contributed by atoms with E-state index in [1.807, 2.05) is 72.8 Å². The first-order valence-corrected chi connectivity index (χ1v) is 9.10. The molecule has 2 N–H and O–H groups in total. The Labute approximate surface area is 160 Å². The quantitative estimate of drug-likeness (QED) is 0.469. The molecule has 0 saturated heterocycles. The fourth-order valence-corrected chi connectivity index (χ4v) is 3.52. The number of nitrogens with zero attached hydrogens (tertiary/aromatic N) is 1. The number of anilines is 2. The lowest BCUT2D eigenvalue weighted by molar-refractivity contribution is 0.548. The molecule has 0 atom stereocenters. The van der Waals surface area contributed by atoms with E-state index in [2.05, 4.69) is 53.4 Å². The summed E-state index contributed by atoms with van der Waals surface area (Å²) in [6.45, 7) is 0. The van der Waals surface area contributed by atoms with Crippen molar-refractivity contribution >= 4 is 11.4 Å². The molecule has 0 aromatic heterocycles. The third-order valence-electron chi connectivity index (χ3n) is 4.81. The van der Waals surface area contributed by atoms with E-state index >= 15 is 0 Å². The number of rotatable bonds is 5. The summed E-state index contributed by atoms with van der Waals surface area (Å²) in [7, 11) is 0. The second-order valence-electron chi connectivity index (χ2n) is 6.50. The lowest BCUT2D eigenvalue weighted by Gasteiger charge is -2.43. The van der Waals surface area contributed by atoms with Crippen molar-refractivity contribution < 1.29 is 0 Å². The molecular weight excluding hydrogens is 328 g/mol. The molecule has 0 radical (unpaired) electrons. The first-order valence-electron chi connectivity index (χ1n) is 9.10. The molecule has 0 aliphatic heterocycles. The summed E-state index contributed by atoms with van der Waals surface area (Å²) in [6, 6.07) is 41.1. The minimum absolute atomic E-state index is 0.856. The summed E-state index contributed by atoms with van der Waals surface area (Å²) in [5.41, 5.74) is 10.6. The van der Waals surface area contributed by atoms with E-state index in [0.29, 0.717) is 0 Å². The van der Waals surface area contributed by atoms with Crippen LogP contribution in [0.5, 0.6) is 0 Å². The highest BCUT2D eigenvalue weighted by Gasteiger charge is 2.37. The van der Waals surface area contributed by atoms with E-state index in [-0.39, 0.29) is 0 Å². The smallest absolute Gasteiger partial charge is 0.145 e. The summed E-state index contributed by atoms with van der Waals surface area (Å²) in [5.74, 6) is 0. The van der Waals surface area contributed by atoms with Crippen LogP contribution < -0.4 is 10.6 Å². The van der Waals surface area contributed by atoms with Gasteiger partial charge in [-0.3, -0.25) is 0 Å². The van der Waals surface area contributed by atoms with Crippen LogP contribution >= 0.6 is 0 Å². The van der Waals surface area contributed by atoms with Crippen molar-refractivity contribution in [1.29, 1.82) is 0 Å². The Morgan fingerprint density at radius 3 is 1.07 bits per heavy atom. The number of nitrogens with two attached hydrogens (primary N) is 1. The average molecular weight is 350 g/mol. The third kappa shape index (κ3) is 3.23. The van der Waals surface area contributed by atoms with Crippen molar-refractivity contribution in [3.63, 3.8) is 0 Å². The predicted octanol–water partition coefficient (Wildman–Crippen LogP) is 5.68. The largest absolute Gasteiger partial charge is 0.315 e. The van der Waals surface area contributed by atoms with Gasteiger partial charge in [0.1, 0.15) is 5.66 Å². The molecule has 4 aromatic rings. The van der Waals surface area contributed by atoms with Gasteiger partial charge in [-0.1, -0.05) is 97.1 Å². The van der Waals surface area contributed by atoms with Crippen LogP contribution in [0.25, 0.3) is 0 Å². The summed E-state index contributed by atoms with van der Waals surface area (Å²) in [5, 5.41) is 0. The van der Waals surface area contributed by atoms with Gasteiger partial charge in [0.2, 0.25) is 0 Å². The molecule has 0 heterocycles. The van der Waals surface area contributed by atoms with Crippen molar-refractivity contribution in [1.82, 2.24) is 0 Å². The molecule has 0 aliphatic rings. The van der Waals surface area contributed by atoms with Crippen LogP contribution in [0.3, 0.4) is 0 Å². The van der Waals surface area contributed by atoms with Gasteiger partial charge in [0, 0.05) is 11.4 Å². The Hall–Kier alpha value is -3.36. The molecule has 0 saturated carbocycles. The summed E-state index contributed by atoms with van der Waals surface area (Å²) < 4.78 is 0. The zero-order valence-corrected chi connectivity index (χ0v) is 15.1. The van der Waals surface area contributed by atoms with Gasteiger partial charge in [-0.05, 0) is 35.4 Å². The van der Waals surface area contributed by atoms with Crippen molar-refractivity contribution in [2.75, 3.05) is 4.90 Å². The molecule has 0 unspecified atom stereocenters. The second-order valence-corrected chi connectivity index (χ2v) is 6.50. The monoisotopic (exact) mass is 350 g/mol. The van der Waals surface area contributed by atoms with Crippen molar-refractivity contribution in [3.05, 3.63) is 132 Å². The molecule has 0 fully saturated rings. The predicted molar refractivity (Wildman–Crippen MR) is 113 cm³/mol. The Balaban J connectivity index is 2.01. The highest BCUT2D eigenvalue weighted by molar-refractivity contribution is 5.69. The molecule has 2 heteroatoms. The standard InChI is InChI=1S/C25H22N2/c26-25(21-13-5-1-6-14-21,22-15-7-2-8-16-22)27(23-17-9-3-10-18-23)24-19-11-4-12-20-24/h1-20H,26H2. The van der Waals surface area contributed by atoms with Crippen LogP contribution in [0.1, 0.15) is 11.1 Å². The van der Waals surface area contributed by atoms with Gasteiger partial charge in [0.05, 0.1) is 0 Å². The van der Waals surface area contributed by atoms with E-state index in [1.54, 1.807) is 0 Å². The number of benzene rings is 4. The van der Waals surface area contributed by atoms with Crippen LogP contribution in [0.15, 0.2) is 121 Å². The maximum absolute atomic E-state index is 7.27. The van der Waals surface area contributed by atoms with Crippen LogP contribution in [-0.2, 0) is 5.66 Å². The van der Waals surface area contributed by atoms with Crippen molar-refractivity contribution in [3.8, 4) is 0 Å². The van der Waals surface area contributed by atoms with Gasteiger partial charge in [0.25, 0.3) is 0 Å². The normalized spacial score (nSPS) is 11.1. The number of hydrogen-bond acceptors (Lipinski definition) is 2. The van der Waals surface area contributed by atoms with Crippen LogP contribution in [-0.4, -0.2) is 0 Å². The highest BCUT2D eigenvalue weighted by Crippen LogP contribution is 2.40. The van der Waals surface area contributed by atoms with E-state index < -0.39 is 5.66 Å². The average Bonchev–Trinajstić information content (AvgIpc) is 2.76. The van der Waals surface area contributed by atoms with Gasteiger partial charge < -0.3 is 10.6 Å². The van der Waals surface area contributed by atoms with E-state index in [9.17, 15) is 0 Å². The molecule has 132 valence electrons. The second kappa shape index (κ2) is 7.48. The van der Waals surface area contributed by atoms with Crippen LogP contribution in [0.2, 0.25) is 0 Å². The van der Waals surface area contributed by atoms with Gasteiger partial charge in [-0.15, -0.1) is 0 Å². The summed E-state index contributed by atoms with van der Waals surface area (Å²) >= 11 is 0. The Morgan fingerprint density at radius 1 is 0.444 bits per heavy atom. The highest BCUT2D eigenvalue weighted by atomic mass is 15.3. The third-order valence-corrected chi connectivity index (χ3v) is 4.81. The van der Waals surface area contributed by atoms with Gasteiger partial charge in [-0.25, -0.2) is 0 Å². The topological polar surface area (TPSA) is 29.3 Å². The van der Waals surface area contributed by atoms with E-state index in [1.165, 1.54) is 0 Å². The van der Waals surface area contributed by atoms with Crippen molar-refractivity contribution in [2.45, 2.75) is 5.66 Å². The van der Waals surface area contributed by atoms with E-state index in [0.717, 1.165) is 22.5 Å². The summed E-state index contributed by atoms with van der Waals surface area (Å²) in [6.07, 6.45) is 0.